The zero-order chi connectivity index (χ0) is 15.6. The maximum atomic E-state index is 12.7. The molecule has 1 aliphatic rings. The Morgan fingerprint density at radius 3 is 2.67 bits per heavy atom. The molecule has 21 heavy (non-hydrogen) atoms. The summed E-state index contributed by atoms with van der Waals surface area (Å²) in [4.78, 5) is 2.30. The van der Waals surface area contributed by atoms with Crippen molar-refractivity contribution in [3.63, 3.8) is 0 Å². The molecule has 1 aromatic heterocycles. The van der Waals surface area contributed by atoms with Crippen molar-refractivity contribution in [1.82, 2.24) is 19.4 Å². The highest BCUT2D eigenvalue weighted by molar-refractivity contribution is 7.89. The van der Waals surface area contributed by atoms with E-state index in [1.165, 1.54) is 4.31 Å². The number of likely N-dealkylation sites (N-methyl/N-ethyl adjacent to an activating group) is 1. The summed E-state index contributed by atoms with van der Waals surface area (Å²) in [5, 5.41) is 6.76. The van der Waals surface area contributed by atoms with Gasteiger partial charge in [0.05, 0.1) is 5.88 Å². The molecule has 0 saturated carbocycles. The first-order chi connectivity index (χ1) is 9.95. The molecule has 0 radical (unpaired) electrons. The zero-order valence-corrected chi connectivity index (χ0v) is 14.3. The number of hydrogen-bond acceptors (Lipinski definition) is 4. The standard InChI is InChI=1S/C13H23ClN4O2S/c1-4-17(5-2)11-6-7-18(9-11)21(19,20)13-12(8-14)10(3)15-16-13/h11H,4-9H2,1-3H3,(H,15,16). The Morgan fingerprint density at radius 1 is 1.43 bits per heavy atom. The van der Waals surface area contributed by atoms with E-state index in [0.717, 1.165) is 19.5 Å². The van der Waals surface area contributed by atoms with Gasteiger partial charge in [0.15, 0.2) is 5.03 Å². The van der Waals surface area contributed by atoms with E-state index in [2.05, 4.69) is 28.9 Å². The summed E-state index contributed by atoms with van der Waals surface area (Å²) in [5.74, 6) is 0.143. The van der Waals surface area contributed by atoms with Crippen LogP contribution in [-0.4, -0.2) is 60.0 Å². The molecule has 1 atom stereocenters. The van der Waals surface area contributed by atoms with Crippen LogP contribution in [0.4, 0.5) is 0 Å². The lowest BCUT2D eigenvalue weighted by Gasteiger charge is -2.25. The van der Waals surface area contributed by atoms with Gasteiger partial charge in [0.25, 0.3) is 10.0 Å². The van der Waals surface area contributed by atoms with E-state index >= 15 is 0 Å². The second-order valence-corrected chi connectivity index (χ2v) is 7.41. The Labute approximate surface area is 131 Å². The molecule has 0 spiro atoms. The maximum absolute atomic E-state index is 12.7. The van der Waals surface area contributed by atoms with Crippen molar-refractivity contribution in [3.8, 4) is 0 Å². The molecule has 8 heteroatoms. The van der Waals surface area contributed by atoms with Crippen LogP contribution >= 0.6 is 11.6 Å². The lowest BCUT2D eigenvalue weighted by atomic mass is 10.2. The molecule has 1 N–H and O–H groups in total. The molecular weight excluding hydrogens is 312 g/mol. The van der Waals surface area contributed by atoms with Crippen molar-refractivity contribution >= 4 is 21.6 Å². The van der Waals surface area contributed by atoms with Crippen LogP contribution in [0.2, 0.25) is 0 Å². The number of hydrogen-bond donors (Lipinski definition) is 1. The van der Waals surface area contributed by atoms with Gasteiger partial charge in [0, 0.05) is 30.4 Å². The summed E-state index contributed by atoms with van der Waals surface area (Å²) in [6.07, 6.45) is 0.862. The molecule has 0 bridgehead atoms. The van der Waals surface area contributed by atoms with Crippen LogP contribution in [0.1, 0.15) is 31.5 Å². The Kier molecular flexibility index (Phi) is 5.29. The van der Waals surface area contributed by atoms with Gasteiger partial charge in [-0.3, -0.25) is 10.00 Å². The Bertz CT molecular complexity index is 583. The van der Waals surface area contributed by atoms with E-state index < -0.39 is 10.0 Å². The van der Waals surface area contributed by atoms with Crippen molar-refractivity contribution in [3.05, 3.63) is 11.3 Å². The molecule has 6 nitrogen and oxygen atoms in total. The highest BCUT2D eigenvalue weighted by Crippen LogP contribution is 2.26. The summed E-state index contributed by atoms with van der Waals surface area (Å²) in [5.41, 5.74) is 1.28. The quantitative estimate of drug-likeness (QED) is 0.802. The molecular formula is C13H23ClN4O2S. The first kappa shape index (κ1) is 16.7. The summed E-state index contributed by atoms with van der Waals surface area (Å²) in [6, 6.07) is 0.286. The highest BCUT2D eigenvalue weighted by Gasteiger charge is 2.37. The molecule has 1 aromatic rings. The van der Waals surface area contributed by atoms with Crippen LogP contribution < -0.4 is 0 Å². The minimum absolute atomic E-state index is 0.0789. The van der Waals surface area contributed by atoms with E-state index in [1.54, 1.807) is 6.92 Å². The fourth-order valence-corrected chi connectivity index (χ4v) is 4.95. The number of nitrogens with zero attached hydrogens (tertiary/aromatic N) is 3. The molecule has 2 heterocycles. The summed E-state index contributed by atoms with van der Waals surface area (Å²) in [7, 11) is -3.56. The van der Waals surface area contributed by atoms with E-state index in [1.807, 2.05) is 0 Å². The number of nitrogens with one attached hydrogen (secondary N) is 1. The molecule has 1 unspecified atom stereocenters. The maximum Gasteiger partial charge on any atom is 0.262 e. The predicted octanol–water partition coefficient (Wildman–Crippen LogP) is 1.56. The lowest BCUT2D eigenvalue weighted by Crippen LogP contribution is -2.38. The molecule has 0 aliphatic carbocycles. The van der Waals surface area contributed by atoms with Gasteiger partial charge in [-0.15, -0.1) is 11.6 Å². The Balaban J connectivity index is 2.22. The number of aryl methyl sites for hydroxylation is 1. The van der Waals surface area contributed by atoms with Crippen molar-refractivity contribution < 1.29 is 8.42 Å². The van der Waals surface area contributed by atoms with Gasteiger partial charge < -0.3 is 0 Å². The van der Waals surface area contributed by atoms with Crippen LogP contribution in [0.3, 0.4) is 0 Å². The van der Waals surface area contributed by atoms with Crippen molar-refractivity contribution in [2.75, 3.05) is 26.2 Å². The molecule has 1 saturated heterocycles. The molecule has 1 aliphatic heterocycles. The smallest absolute Gasteiger partial charge is 0.262 e. The number of halogens is 1. The SMILES string of the molecule is CCN(CC)C1CCN(S(=O)(=O)c2n[nH]c(C)c2CCl)C1. The number of alkyl halides is 1. The molecule has 1 fully saturated rings. The van der Waals surface area contributed by atoms with E-state index in [-0.39, 0.29) is 16.9 Å². The molecule has 120 valence electrons. The number of rotatable bonds is 6. The highest BCUT2D eigenvalue weighted by atomic mass is 35.5. The van der Waals surface area contributed by atoms with Crippen molar-refractivity contribution in [2.24, 2.45) is 0 Å². The minimum Gasteiger partial charge on any atom is -0.300 e. The average molecular weight is 335 g/mol. The predicted molar refractivity (Wildman–Crippen MR) is 83.0 cm³/mol. The Morgan fingerprint density at radius 2 is 2.10 bits per heavy atom. The van der Waals surface area contributed by atoms with E-state index in [9.17, 15) is 8.42 Å². The van der Waals surface area contributed by atoms with Gasteiger partial charge in [0.1, 0.15) is 0 Å². The van der Waals surface area contributed by atoms with Crippen LogP contribution in [0.15, 0.2) is 5.03 Å². The van der Waals surface area contributed by atoms with Gasteiger partial charge in [-0.25, -0.2) is 8.42 Å². The lowest BCUT2D eigenvalue weighted by molar-refractivity contribution is 0.224. The van der Waals surface area contributed by atoms with Crippen LogP contribution in [0, 0.1) is 6.92 Å². The van der Waals surface area contributed by atoms with Crippen molar-refractivity contribution in [1.29, 1.82) is 0 Å². The third kappa shape index (κ3) is 3.11. The second-order valence-electron chi connectivity index (χ2n) is 5.29. The van der Waals surface area contributed by atoms with Crippen molar-refractivity contribution in [2.45, 2.75) is 44.1 Å². The van der Waals surface area contributed by atoms with Gasteiger partial charge in [-0.05, 0) is 26.4 Å². The summed E-state index contributed by atoms with van der Waals surface area (Å²) < 4.78 is 27.0. The fraction of sp³-hybridized carbons (Fsp3) is 0.769. The van der Waals surface area contributed by atoms with Crippen LogP contribution in [0.25, 0.3) is 0 Å². The second kappa shape index (κ2) is 6.64. The van der Waals surface area contributed by atoms with Gasteiger partial charge in [-0.1, -0.05) is 13.8 Å². The largest absolute Gasteiger partial charge is 0.300 e. The molecule has 0 aromatic carbocycles. The van der Waals surface area contributed by atoms with Crippen LogP contribution in [-0.2, 0) is 15.9 Å². The monoisotopic (exact) mass is 334 g/mol. The minimum atomic E-state index is -3.56. The molecule has 0 amide bonds. The van der Waals surface area contributed by atoms with Crippen LogP contribution in [0.5, 0.6) is 0 Å². The normalized spacial score (nSPS) is 20.5. The third-order valence-corrected chi connectivity index (χ3v) is 6.31. The van der Waals surface area contributed by atoms with Gasteiger partial charge in [0.2, 0.25) is 0 Å². The van der Waals surface area contributed by atoms with E-state index in [0.29, 0.717) is 24.3 Å². The molecule has 2 rings (SSSR count). The Hall–Kier alpha value is -0.630. The summed E-state index contributed by atoms with van der Waals surface area (Å²) in [6.45, 7) is 8.92. The number of H-pyrrole nitrogens is 1. The fourth-order valence-electron chi connectivity index (χ4n) is 2.89. The van der Waals surface area contributed by atoms with Gasteiger partial charge >= 0.3 is 0 Å². The number of sulfonamides is 1. The first-order valence-corrected chi connectivity index (χ1v) is 9.27. The van der Waals surface area contributed by atoms with Gasteiger partial charge in [-0.2, -0.15) is 9.40 Å². The topological polar surface area (TPSA) is 69.3 Å². The third-order valence-electron chi connectivity index (χ3n) is 4.21. The number of aromatic nitrogens is 2. The van der Waals surface area contributed by atoms with E-state index in [4.69, 9.17) is 11.6 Å². The first-order valence-electron chi connectivity index (χ1n) is 7.29. The zero-order valence-electron chi connectivity index (χ0n) is 12.8. The number of aromatic amines is 1. The average Bonchev–Trinajstić information content (AvgIpc) is 3.07. The summed E-state index contributed by atoms with van der Waals surface area (Å²) >= 11 is 5.86.